The van der Waals surface area contributed by atoms with Crippen LogP contribution in [0.1, 0.15) is 13.4 Å². The summed E-state index contributed by atoms with van der Waals surface area (Å²) in [5.74, 6) is 1.08. The molecule has 0 aliphatic carbocycles. The fourth-order valence-electron chi connectivity index (χ4n) is 1.30. The Morgan fingerprint density at radius 1 is 1.30 bits per heavy atom. The maximum Gasteiger partial charge on any atom is 1.00 e. The molecule has 0 N–H and O–H groups in total. The van der Waals surface area contributed by atoms with Gasteiger partial charge in [-0.1, -0.05) is 18.2 Å². The van der Waals surface area contributed by atoms with Crippen molar-refractivity contribution < 1.29 is 6.16 Å². The highest BCUT2D eigenvalue weighted by molar-refractivity contribution is 5.34. The molecule has 10 heavy (non-hydrogen) atoms. The van der Waals surface area contributed by atoms with Crippen LogP contribution in [0.4, 0.5) is 0 Å². The average Bonchev–Trinajstić information content (AvgIpc) is 2.05. The Morgan fingerprint density at radius 2 is 2.20 bits per heavy atom. The number of hydrogen-bond acceptors (Lipinski definition) is 1. The number of rotatable bonds is 0. The molecule has 0 spiro atoms. The van der Waals surface area contributed by atoms with E-state index in [2.05, 4.69) is 12.1 Å². The Morgan fingerprint density at radius 3 is 3.10 bits per heavy atom. The van der Waals surface area contributed by atoms with Crippen molar-refractivity contribution in [1.29, 1.82) is 0 Å². The molecule has 0 saturated heterocycles. The average molecular weight is 135 g/mol. The molecule has 0 saturated carbocycles. The van der Waals surface area contributed by atoms with E-state index in [1.54, 1.807) is 0 Å². The minimum atomic E-state index is 0. The SMILES string of the molecule is [H+].c1ccc2c(c1)CCCO2. The van der Waals surface area contributed by atoms with E-state index in [0.717, 1.165) is 18.8 Å². The van der Waals surface area contributed by atoms with E-state index in [1.165, 1.54) is 12.0 Å². The molecule has 2 rings (SSSR count). The summed E-state index contributed by atoms with van der Waals surface area (Å²) in [6.07, 6.45) is 2.34. The number of benzene rings is 1. The van der Waals surface area contributed by atoms with Crippen LogP contribution in [-0.2, 0) is 6.42 Å². The van der Waals surface area contributed by atoms with Crippen LogP contribution in [0, 0.1) is 0 Å². The quantitative estimate of drug-likeness (QED) is 0.529. The lowest BCUT2D eigenvalue weighted by molar-refractivity contribution is 0.288. The van der Waals surface area contributed by atoms with Gasteiger partial charge in [-0.2, -0.15) is 0 Å². The van der Waals surface area contributed by atoms with Gasteiger partial charge in [-0.15, -0.1) is 0 Å². The summed E-state index contributed by atoms with van der Waals surface area (Å²) in [6, 6.07) is 8.25. The first kappa shape index (κ1) is 5.78. The number of aryl methyl sites for hydroxylation is 1. The summed E-state index contributed by atoms with van der Waals surface area (Å²) < 4.78 is 5.42. The standard InChI is InChI=1S/C9H10O/c1-2-6-9-8(4-1)5-3-7-10-9/h1-2,4,6H,3,5,7H2/p+1. The highest BCUT2D eigenvalue weighted by atomic mass is 16.5. The molecule has 1 heterocycles. The van der Waals surface area contributed by atoms with E-state index in [-0.39, 0.29) is 1.43 Å². The third kappa shape index (κ3) is 0.878. The van der Waals surface area contributed by atoms with Gasteiger partial charge in [0, 0.05) is 0 Å². The molecule has 1 aliphatic rings. The molecule has 0 fully saturated rings. The first-order valence-corrected chi connectivity index (χ1v) is 3.67. The highest BCUT2D eigenvalue weighted by Gasteiger charge is 2.06. The van der Waals surface area contributed by atoms with E-state index >= 15 is 0 Å². The number of hydrogen-bond donors (Lipinski definition) is 0. The van der Waals surface area contributed by atoms with Gasteiger partial charge >= 0.3 is 1.43 Å². The summed E-state index contributed by atoms with van der Waals surface area (Å²) in [4.78, 5) is 0. The Labute approximate surface area is 62.1 Å². The van der Waals surface area contributed by atoms with E-state index in [4.69, 9.17) is 4.74 Å². The normalized spacial score (nSPS) is 15.6. The molecular weight excluding hydrogens is 124 g/mol. The lowest BCUT2D eigenvalue weighted by Crippen LogP contribution is -2.07. The molecule has 52 valence electrons. The smallest absolute Gasteiger partial charge is 0.493 e. The third-order valence-electron chi connectivity index (χ3n) is 1.82. The van der Waals surface area contributed by atoms with Gasteiger partial charge in [-0.05, 0) is 24.5 Å². The Balaban J connectivity index is 0.000000605. The van der Waals surface area contributed by atoms with E-state index in [0.29, 0.717) is 0 Å². The molecule has 0 amide bonds. The number of fused-ring (bicyclic) bond motifs is 1. The van der Waals surface area contributed by atoms with Crippen LogP contribution in [0.15, 0.2) is 24.3 Å². The van der Waals surface area contributed by atoms with Gasteiger partial charge in [0.25, 0.3) is 0 Å². The van der Waals surface area contributed by atoms with Crippen molar-refractivity contribution in [2.75, 3.05) is 6.61 Å². The Bertz CT molecular complexity index is 210. The molecule has 1 heteroatoms. The summed E-state index contributed by atoms with van der Waals surface area (Å²) in [5, 5.41) is 0. The monoisotopic (exact) mass is 135 g/mol. The lowest BCUT2D eigenvalue weighted by Gasteiger charge is -2.15. The van der Waals surface area contributed by atoms with Gasteiger partial charge in [-0.3, -0.25) is 0 Å². The maximum absolute atomic E-state index is 5.42. The van der Waals surface area contributed by atoms with Crippen molar-refractivity contribution >= 4 is 0 Å². The van der Waals surface area contributed by atoms with Gasteiger partial charge in [0.15, 0.2) is 0 Å². The highest BCUT2D eigenvalue weighted by Crippen LogP contribution is 2.22. The molecule has 1 nitrogen and oxygen atoms in total. The lowest BCUT2D eigenvalue weighted by atomic mass is 10.1. The van der Waals surface area contributed by atoms with Gasteiger partial charge in [0.2, 0.25) is 0 Å². The minimum Gasteiger partial charge on any atom is -0.493 e. The fraction of sp³-hybridized carbons (Fsp3) is 0.333. The molecule has 0 atom stereocenters. The Hall–Kier alpha value is -0.980. The number of ether oxygens (including phenoxy) is 1. The van der Waals surface area contributed by atoms with Crippen molar-refractivity contribution in [1.82, 2.24) is 0 Å². The largest absolute Gasteiger partial charge is 1.00 e. The molecule has 0 bridgehead atoms. The van der Waals surface area contributed by atoms with Crippen molar-refractivity contribution in [2.45, 2.75) is 12.8 Å². The summed E-state index contributed by atoms with van der Waals surface area (Å²) in [7, 11) is 0. The summed E-state index contributed by atoms with van der Waals surface area (Å²) >= 11 is 0. The molecular formula is C9H11O+. The summed E-state index contributed by atoms with van der Waals surface area (Å²) in [6.45, 7) is 0.886. The van der Waals surface area contributed by atoms with Crippen LogP contribution in [0.2, 0.25) is 0 Å². The predicted molar refractivity (Wildman–Crippen MR) is 41.4 cm³/mol. The zero-order valence-corrected chi connectivity index (χ0v) is 5.84. The van der Waals surface area contributed by atoms with Crippen molar-refractivity contribution in [3.05, 3.63) is 29.8 Å². The van der Waals surface area contributed by atoms with Crippen LogP contribution in [0.25, 0.3) is 0 Å². The zero-order chi connectivity index (χ0) is 6.81. The van der Waals surface area contributed by atoms with E-state index < -0.39 is 0 Å². The first-order chi connectivity index (χ1) is 4.97. The van der Waals surface area contributed by atoms with Crippen LogP contribution in [-0.4, -0.2) is 6.61 Å². The van der Waals surface area contributed by atoms with Crippen LogP contribution >= 0.6 is 0 Å². The first-order valence-electron chi connectivity index (χ1n) is 3.67. The summed E-state index contributed by atoms with van der Waals surface area (Å²) in [5.41, 5.74) is 1.36. The molecule has 1 aliphatic heterocycles. The van der Waals surface area contributed by atoms with Crippen LogP contribution < -0.4 is 4.74 Å². The molecule has 0 unspecified atom stereocenters. The fourth-order valence-corrected chi connectivity index (χ4v) is 1.30. The van der Waals surface area contributed by atoms with Crippen molar-refractivity contribution in [2.24, 2.45) is 0 Å². The van der Waals surface area contributed by atoms with E-state index in [9.17, 15) is 0 Å². The van der Waals surface area contributed by atoms with Crippen molar-refractivity contribution in [3.8, 4) is 5.75 Å². The molecule has 1 aromatic carbocycles. The predicted octanol–water partition coefficient (Wildman–Crippen LogP) is 2.12. The van der Waals surface area contributed by atoms with Crippen LogP contribution in [0.3, 0.4) is 0 Å². The topological polar surface area (TPSA) is 9.23 Å². The van der Waals surface area contributed by atoms with Gasteiger partial charge < -0.3 is 4.74 Å². The Kier molecular flexibility index (Phi) is 1.35. The second-order valence-electron chi connectivity index (χ2n) is 2.56. The van der Waals surface area contributed by atoms with Gasteiger partial charge in [0.1, 0.15) is 5.75 Å². The molecule has 0 radical (unpaired) electrons. The van der Waals surface area contributed by atoms with Crippen LogP contribution in [0.5, 0.6) is 5.75 Å². The third-order valence-corrected chi connectivity index (χ3v) is 1.82. The second kappa shape index (κ2) is 2.33. The minimum absolute atomic E-state index is 0. The molecule has 0 aromatic heterocycles. The van der Waals surface area contributed by atoms with E-state index in [1.807, 2.05) is 12.1 Å². The number of para-hydroxylation sites is 1. The van der Waals surface area contributed by atoms with Gasteiger partial charge in [-0.25, -0.2) is 0 Å². The molecule has 1 aromatic rings. The maximum atomic E-state index is 5.42. The second-order valence-corrected chi connectivity index (χ2v) is 2.56. The van der Waals surface area contributed by atoms with Crippen molar-refractivity contribution in [3.63, 3.8) is 0 Å². The zero-order valence-electron chi connectivity index (χ0n) is 6.84. The van der Waals surface area contributed by atoms with Gasteiger partial charge in [0.05, 0.1) is 6.61 Å².